The van der Waals surface area contributed by atoms with Crippen molar-refractivity contribution in [3.8, 4) is 5.75 Å². The molecular weight excluding hydrogens is 324 g/mol. The van der Waals surface area contributed by atoms with Gasteiger partial charge in [0.05, 0.1) is 18.1 Å². The molecule has 0 atom stereocenters. The summed E-state index contributed by atoms with van der Waals surface area (Å²) in [6, 6.07) is 9.07. The highest BCUT2D eigenvalue weighted by Gasteiger charge is 2.18. The molecule has 0 spiro atoms. The first-order chi connectivity index (χ1) is 12.0. The van der Waals surface area contributed by atoms with Crippen LogP contribution >= 0.6 is 0 Å². The van der Waals surface area contributed by atoms with Crippen LogP contribution in [0.5, 0.6) is 5.75 Å². The lowest BCUT2D eigenvalue weighted by molar-refractivity contribution is -0.384. The average molecular weight is 340 g/mol. The lowest BCUT2D eigenvalue weighted by Crippen LogP contribution is -2.20. The number of ether oxygens (including phenoxy) is 1. The number of hydrogen-bond acceptors (Lipinski definition) is 5. The summed E-state index contributed by atoms with van der Waals surface area (Å²) in [6.45, 7) is 3.87. The second kappa shape index (κ2) is 6.52. The highest BCUT2D eigenvalue weighted by Crippen LogP contribution is 2.31. The summed E-state index contributed by atoms with van der Waals surface area (Å²) in [4.78, 5) is 22.7. The molecule has 0 unspecified atom stereocenters. The number of allylic oxidation sites excluding steroid dienone is 1. The van der Waals surface area contributed by atoms with Crippen LogP contribution in [0, 0.1) is 10.1 Å². The Morgan fingerprint density at radius 3 is 2.80 bits per heavy atom. The Kier molecular flexibility index (Phi) is 4.25. The zero-order valence-electron chi connectivity index (χ0n) is 13.5. The third-order valence-electron chi connectivity index (χ3n) is 3.73. The van der Waals surface area contributed by atoms with Crippen molar-refractivity contribution in [2.24, 2.45) is 0 Å². The molecule has 1 heterocycles. The second-order valence-electron chi connectivity index (χ2n) is 5.50. The maximum Gasteiger partial charge on any atom is 0.323 e. The topological polar surface area (TPSA) is 106 Å². The Hall–Kier alpha value is -3.55. The standard InChI is InChI=1S/C17H16N4O4/c1-10-7-11-8-12(3-5-14(11)18-10)19-17(22)20-15-6-4-13(25-2)9-16(15)21(23)24/h3-6,8-9,18H,1,7H2,2H3,(H2,19,20,22). The van der Waals surface area contributed by atoms with E-state index in [1.807, 2.05) is 12.1 Å². The molecule has 1 aliphatic rings. The molecule has 2 aromatic rings. The molecule has 128 valence electrons. The van der Waals surface area contributed by atoms with Crippen molar-refractivity contribution in [1.82, 2.24) is 0 Å². The van der Waals surface area contributed by atoms with Gasteiger partial charge in [-0.1, -0.05) is 6.58 Å². The van der Waals surface area contributed by atoms with Gasteiger partial charge in [-0.15, -0.1) is 0 Å². The van der Waals surface area contributed by atoms with E-state index in [9.17, 15) is 14.9 Å². The van der Waals surface area contributed by atoms with Crippen molar-refractivity contribution in [3.63, 3.8) is 0 Å². The first-order valence-corrected chi connectivity index (χ1v) is 7.44. The minimum atomic E-state index is -0.579. The SMILES string of the molecule is C=C1Cc2cc(NC(=O)Nc3ccc(OC)cc3[N+](=O)[O-])ccc2N1. The van der Waals surface area contributed by atoms with Gasteiger partial charge >= 0.3 is 6.03 Å². The Morgan fingerprint density at radius 2 is 2.08 bits per heavy atom. The molecule has 3 N–H and O–H groups in total. The molecule has 25 heavy (non-hydrogen) atoms. The number of nitro benzene ring substituents is 1. The van der Waals surface area contributed by atoms with Crippen molar-refractivity contribution < 1.29 is 14.5 Å². The normalized spacial score (nSPS) is 12.1. The smallest absolute Gasteiger partial charge is 0.323 e. The maximum absolute atomic E-state index is 12.2. The molecule has 2 amide bonds. The molecule has 2 aromatic carbocycles. The van der Waals surface area contributed by atoms with Crippen molar-refractivity contribution in [1.29, 1.82) is 0 Å². The fraction of sp³-hybridized carbons (Fsp3) is 0.118. The van der Waals surface area contributed by atoms with Crippen molar-refractivity contribution in [2.45, 2.75) is 6.42 Å². The third kappa shape index (κ3) is 3.52. The third-order valence-corrected chi connectivity index (χ3v) is 3.73. The Morgan fingerprint density at radius 1 is 1.28 bits per heavy atom. The largest absolute Gasteiger partial charge is 0.496 e. The summed E-state index contributed by atoms with van der Waals surface area (Å²) < 4.78 is 4.97. The van der Waals surface area contributed by atoms with Gasteiger partial charge in [-0.25, -0.2) is 4.79 Å². The number of carbonyl (C=O) groups excluding carboxylic acids is 1. The number of methoxy groups -OCH3 is 1. The van der Waals surface area contributed by atoms with Crippen molar-refractivity contribution in [3.05, 3.63) is 64.4 Å². The number of urea groups is 1. The van der Waals surface area contributed by atoms with Crippen molar-refractivity contribution >= 4 is 28.8 Å². The molecule has 0 saturated carbocycles. The van der Waals surface area contributed by atoms with E-state index in [1.165, 1.54) is 25.3 Å². The van der Waals surface area contributed by atoms with Gasteiger partial charge in [0.2, 0.25) is 0 Å². The molecule has 1 aliphatic heterocycles. The minimum Gasteiger partial charge on any atom is -0.496 e. The second-order valence-corrected chi connectivity index (χ2v) is 5.50. The van der Waals surface area contributed by atoms with E-state index in [1.54, 1.807) is 6.07 Å². The number of nitrogens with zero attached hydrogens (tertiary/aromatic N) is 1. The Labute approximate surface area is 143 Å². The predicted octanol–water partition coefficient (Wildman–Crippen LogP) is 3.73. The quantitative estimate of drug-likeness (QED) is 0.581. The lowest BCUT2D eigenvalue weighted by Gasteiger charge is -2.10. The highest BCUT2D eigenvalue weighted by atomic mass is 16.6. The number of nitro groups is 1. The van der Waals surface area contributed by atoms with Crippen LogP contribution in [0.3, 0.4) is 0 Å². The first kappa shape index (κ1) is 16.3. The molecule has 0 aromatic heterocycles. The summed E-state index contributed by atoms with van der Waals surface area (Å²) in [6.07, 6.45) is 0.691. The van der Waals surface area contributed by atoms with Gasteiger partial charge in [0.1, 0.15) is 11.4 Å². The van der Waals surface area contributed by atoms with Gasteiger partial charge in [0.15, 0.2) is 0 Å². The number of fused-ring (bicyclic) bond motifs is 1. The fourth-order valence-electron chi connectivity index (χ4n) is 2.58. The molecular formula is C17H16N4O4. The minimum absolute atomic E-state index is 0.0829. The van der Waals surface area contributed by atoms with Crippen LogP contribution in [-0.4, -0.2) is 18.1 Å². The van der Waals surface area contributed by atoms with Crippen LogP contribution < -0.4 is 20.7 Å². The summed E-state index contributed by atoms with van der Waals surface area (Å²) in [7, 11) is 1.41. The van der Waals surface area contributed by atoms with Gasteiger partial charge in [-0.2, -0.15) is 0 Å². The van der Waals surface area contributed by atoms with E-state index in [2.05, 4.69) is 22.5 Å². The molecule has 0 saturated heterocycles. The van der Waals surface area contributed by atoms with Crippen LogP contribution in [0.1, 0.15) is 5.56 Å². The number of rotatable bonds is 4. The van der Waals surface area contributed by atoms with Crippen LogP contribution in [-0.2, 0) is 6.42 Å². The number of nitrogens with one attached hydrogen (secondary N) is 3. The molecule has 0 radical (unpaired) electrons. The van der Waals surface area contributed by atoms with Crippen molar-refractivity contribution in [2.75, 3.05) is 23.1 Å². The van der Waals surface area contributed by atoms with E-state index in [-0.39, 0.29) is 11.4 Å². The number of hydrogen-bond donors (Lipinski definition) is 3. The molecule has 0 fully saturated rings. The number of anilines is 3. The van der Waals surface area contributed by atoms with Crippen LogP contribution in [0.2, 0.25) is 0 Å². The zero-order valence-corrected chi connectivity index (χ0v) is 13.5. The zero-order chi connectivity index (χ0) is 18.0. The van der Waals surface area contributed by atoms with Gasteiger partial charge in [-0.05, 0) is 35.9 Å². The van der Waals surface area contributed by atoms with Crippen LogP contribution in [0.25, 0.3) is 0 Å². The fourth-order valence-corrected chi connectivity index (χ4v) is 2.58. The molecule has 0 aliphatic carbocycles. The molecule has 0 bridgehead atoms. The van der Waals surface area contributed by atoms with Gasteiger partial charge in [-0.3, -0.25) is 10.1 Å². The summed E-state index contributed by atoms with van der Waals surface area (Å²) in [5.74, 6) is 0.337. The van der Waals surface area contributed by atoms with Crippen LogP contribution in [0.15, 0.2) is 48.7 Å². The van der Waals surface area contributed by atoms with E-state index in [0.717, 1.165) is 16.9 Å². The van der Waals surface area contributed by atoms with Crippen LogP contribution in [0.4, 0.5) is 27.5 Å². The number of benzene rings is 2. The summed E-state index contributed by atoms with van der Waals surface area (Å²) in [5, 5.41) is 19.4. The summed E-state index contributed by atoms with van der Waals surface area (Å²) in [5.41, 5.74) is 3.30. The lowest BCUT2D eigenvalue weighted by atomic mass is 10.1. The predicted molar refractivity (Wildman–Crippen MR) is 95.2 cm³/mol. The number of carbonyl (C=O) groups is 1. The van der Waals surface area contributed by atoms with Gasteiger partial charge in [0.25, 0.3) is 5.69 Å². The van der Waals surface area contributed by atoms with E-state index in [4.69, 9.17) is 4.74 Å². The first-order valence-electron chi connectivity index (χ1n) is 7.44. The number of amides is 2. The molecule has 8 heteroatoms. The van der Waals surface area contributed by atoms with Gasteiger partial charge in [0, 0.05) is 23.5 Å². The Bertz CT molecular complexity index is 879. The molecule has 3 rings (SSSR count). The van der Waals surface area contributed by atoms with E-state index in [0.29, 0.717) is 17.9 Å². The van der Waals surface area contributed by atoms with Gasteiger partial charge < -0.3 is 20.7 Å². The summed E-state index contributed by atoms with van der Waals surface area (Å²) >= 11 is 0. The van der Waals surface area contributed by atoms with E-state index < -0.39 is 11.0 Å². The average Bonchev–Trinajstić information content (AvgIpc) is 2.94. The Balaban J connectivity index is 1.74. The monoisotopic (exact) mass is 340 g/mol. The highest BCUT2D eigenvalue weighted by molar-refractivity contribution is 6.01. The van der Waals surface area contributed by atoms with E-state index >= 15 is 0 Å². The maximum atomic E-state index is 12.2. The molecule has 8 nitrogen and oxygen atoms in total.